The second-order valence-electron chi connectivity index (χ2n) is 9.04. The predicted octanol–water partition coefficient (Wildman–Crippen LogP) is 3.65. The van der Waals surface area contributed by atoms with E-state index in [4.69, 9.17) is 10.5 Å². The molecule has 0 aliphatic carbocycles. The molecule has 4 N–H and O–H groups in total. The number of hydrogen-bond acceptors (Lipinski definition) is 7. The van der Waals surface area contributed by atoms with Gasteiger partial charge in [-0.1, -0.05) is 30.7 Å². The third-order valence-corrected chi connectivity index (χ3v) is 6.46. The largest absolute Gasteiger partial charge is 0.381 e. The Bertz CT molecular complexity index is 1130. The maximum Gasteiger partial charge on any atom is 0.251 e. The van der Waals surface area contributed by atoms with Crippen molar-refractivity contribution < 1.29 is 13.9 Å². The van der Waals surface area contributed by atoms with Gasteiger partial charge < -0.3 is 21.1 Å². The fraction of sp³-hybridized carbons (Fsp3) is 0.462. The Hall–Kier alpha value is -3.17. The second kappa shape index (κ2) is 11.5. The fourth-order valence-corrected chi connectivity index (χ4v) is 4.43. The van der Waals surface area contributed by atoms with Gasteiger partial charge in [0, 0.05) is 45.1 Å². The summed E-state index contributed by atoms with van der Waals surface area (Å²) in [6.07, 6.45) is 6.75. The number of nitrogens with two attached hydrogens (primary N) is 1. The molecule has 5 rings (SSSR count). The summed E-state index contributed by atoms with van der Waals surface area (Å²) in [7, 11) is 1.72. The number of piperidine rings is 1. The molecular weight excluding hydrogens is 447 g/mol. The van der Waals surface area contributed by atoms with Gasteiger partial charge in [0.2, 0.25) is 0 Å². The number of alkyl halides is 1. The quantitative estimate of drug-likeness (QED) is 0.511. The molecule has 9 heteroatoms. The number of carbonyl (C=O) groups excluding carboxylic acids is 1. The lowest BCUT2D eigenvalue weighted by atomic mass is 9.89. The molecule has 0 unspecified atom stereocenters. The van der Waals surface area contributed by atoms with Crippen LogP contribution in [0.2, 0.25) is 0 Å². The molecule has 2 saturated heterocycles. The highest BCUT2D eigenvalue weighted by Crippen LogP contribution is 2.31. The van der Waals surface area contributed by atoms with Gasteiger partial charge in [0.25, 0.3) is 5.91 Å². The molecule has 3 aromatic rings. The number of rotatable bonds is 5. The van der Waals surface area contributed by atoms with Crippen molar-refractivity contribution in [3.8, 4) is 11.3 Å². The third kappa shape index (κ3) is 6.29. The molecule has 186 valence electrons. The highest BCUT2D eigenvalue weighted by atomic mass is 19.1. The smallest absolute Gasteiger partial charge is 0.251 e. The molecule has 1 amide bonds. The molecule has 0 spiro atoms. The summed E-state index contributed by atoms with van der Waals surface area (Å²) in [4.78, 5) is 24.9. The number of halogens is 1. The van der Waals surface area contributed by atoms with Gasteiger partial charge in [-0.05, 0) is 37.6 Å². The lowest BCUT2D eigenvalue weighted by molar-refractivity contribution is -0.00816. The lowest BCUT2D eigenvalue weighted by Gasteiger charge is -2.29. The fourth-order valence-electron chi connectivity index (χ4n) is 4.43. The standard InChI is InChI=1S/C21H22FN5O2.C5H11N/c1-24-20-18-17(25-12-26-20)15(19(23)28)10-16(27-18)14-4-2-13(3-5-14)11-21(22)6-8-29-9-7-21;1-2-4-6-5-3-1/h2-5,10,12H,6-9,11H2,1H3,(H2,23,28)(H,24,25,26);6H,1-5H2. The molecule has 35 heavy (non-hydrogen) atoms. The summed E-state index contributed by atoms with van der Waals surface area (Å²) in [6, 6.07) is 9.16. The Labute approximate surface area is 204 Å². The molecule has 2 fully saturated rings. The molecule has 2 aliphatic heterocycles. The first-order chi connectivity index (χ1) is 17.0. The normalized spacial score (nSPS) is 17.3. The van der Waals surface area contributed by atoms with Gasteiger partial charge in [0.1, 0.15) is 23.0 Å². The van der Waals surface area contributed by atoms with E-state index in [1.807, 2.05) is 24.3 Å². The van der Waals surface area contributed by atoms with E-state index >= 15 is 0 Å². The molecule has 0 saturated carbocycles. The van der Waals surface area contributed by atoms with E-state index in [-0.39, 0.29) is 5.56 Å². The van der Waals surface area contributed by atoms with E-state index in [9.17, 15) is 9.18 Å². The zero-order chi connectivity index (χ0) is 24.7. The number of carbonyl (C=O) groups is 1. The van der Waals surface area contributed by atoms with Crippen LogP contribution in [0.15, 0.2) is 36.7 Å². The van der Waals surface area contributed by atoms with Gasteiger partial charge in [-0.15, -0.1) is 0 Å². The van der Waals surface area contributed by atoms with Crippen molar-refractivity contribution in [1.82, 2.24) is 20.3 Å². The number of anilines is 1. The Kier molecular flexibility index (Phi) is 8.20. The first-order valence-corrected chi connectivity index (χ1v) is 12.2. The Morgan fingerprint density at radius 2 is 1.83 bits per heavy atom. The van der Waals surface area contributed by atoms with Gasteiger partial charge in [-0.2, -0.15) is 0 Å². The number of nitrogens with zero attached hydrogens (tertiary/aromatic N) is 3. The number of aromatic nitrogens is 3. The summed E-state index contributed by atoms with van der Waals surface area (Å²) in [5.74, 6) is -0.0789. The summed E-state index contributed by atoms with van der Waals surface area (Å²) < 4.78 is 20.2. The molecule has 0 radical (unpaired) electrons. The molecule has 2 aliphatic rings. The number of nitrogens with one attached hydrogen (secondary N) is 2. The lowest BCUT2D eigenvalue weighted by Crippen LogP contribution is -2.33. The number of amides is 1. The average Bonchev–Trinajstić information content (AvgIpc) is 2.89. The maximum absolute atomic E-state index is 14.9. The van der Waals surface area contributed by atoms with Crippen molar-refractivity contribution in [3.05, 3.63) is 47.8 Å². The van der Waals surface area contributed by atoms with E-state index in [2.05, 4.69) is 25.6 Å². The highest BCUT2D eigenvalue weighted by Gasteiger charge is 2.32. The van der Waals surface area contributed by atoms with Crippen molar-refractivity contribution in [1.29, 1.82) is 0 Å². The molecule has 4 heterocycles. The Morgan fingerprint density at radius 1 is 1.11 bits per heavy atom. The van der Waals surface area contributed by atoms with E-state index in [0.717, 1.165) is 11.1 Å². The van der Waals surface area contributed by atoms with Crippen LogP contribution in [0.3, 0.4) is 0 Å². The summed E-state index contributed by atoms with van der Waals surface area (Å²) in [6.45, 7) is 3.42. The number of benzene rings is 1. The minimum atomic E-state index is -1.22. The Balaban J connectivity index is 0.000000421. The van der Waals surface area contributed by atoms with Crippen molar-refractivity contribution in [2.45, 2.75) is 44.2 Å². The minimum absolute atomic E-state index is 0.276. The van der Waals surface area contributed by atoms with Crippen LogP contribution in [0, 0.1) is 0 Å². The Morgan fingerprint density at radius 3 is 2.40 bits per heavy atom. The van der Waals surface area contributed by atoms with E-state index in [1.54, 1.807) is 13.1 Å². The zero-order valence-electron chi connectivity index (χ0n) is 20.1. The molecule has 0 bridgehead atoms. The number of hydrogen-bond donors (Lipinski definition) is 3. The van der Waals surface area contributed by atoms with E-state index < -0.39 is 11.6 Å². The van der Waals surface area contributed by atoms with Crippen LogP contribution in [-0.2, 0) is 11.2 Å². The van der Waals surface area contributed by atoms with Gasteiger partial charge in [-0.25, -0.2) is 19.3 Å². The van der Waals surface area contributed by atoms with Gasteiger partial charge >= 0.3 is 0 Å². The van der Waals surface area contributed by atoms with Crippen LogP contribution in [0.5, 0.6) is 0 Å². The van der Waals surface area contributed by atoms with Gasteiger partial charge in [0.05, 0.1) is 11.3 Å². The van der Waals surface area contributed by atoms with Crippen LogP contribution in [0.4, 0.5) is 10.2 Å². The monoisotopic (exact) mass is 480 g/mol. The van der Waals surface area contributed by atoms with E-state index in [1.165, 1.54) is 38.7 Å². The van der Waals surface area contributed by atoms with Crippen LogP contribution >= 0.6 is 0 Å². The number of pyridine rings is 1. The second-order valence-corrected chi connectivity index (χ2v) is 9.04. The van der Waals surface area contributed by atoms with Crippen molar-refractivity contribution in [2.75, 3.05) is 38.7 Å². The molecule has 0 atom stereocenters. The number of ether oxygens (including phenoxy) is 1. The minimum Gasteiger partial charge on any atom is -0.381 e. The van der Waals surface area contributed by atoms with Gasteiger partial charge in [0.15, 0.2) is 5.82 Å². The van der Waals surface area contributed by atoms with Crippen molar-refractivity contribution in [2.24, 2.45) is 5.73 Å². The van der Waals surface area contributed by atoms with Crippen molar-refractivity contribution in [3.63, 3.8) is 0 Å². The first-order valence-electron chi connectivity index (χ1n) is 12.2. The SMILES string of the molecule is C1CCNCC1.CNc1ncnc2c(C(N)=O)cc(-c3ccc(CC4(F)CCOCC4)cc3)nc12. The summed E-state index contributed by atoms with van der Waals surface area (Å²) in [5, 5.41) is 6.24. The third-order valence-electron chi connectivity index (χ3n) is 6.46. The number of fused-ring (bicyclic) bond motifs is 1. The van der Waals surface area contributed by atoms with E-state index in [0.29, 0.717) is 55.0 Å². The topological polar surface area (TPSA) is 115 Å². The van der Waals surface area contributed by atoms with Crippen LogP contribution < -0.4 is 16.4 Å². The molecular formula is C26H33FN6O2. The average molecular weight is 481 g/mol. The van der Waals surface area contributed by atoms with Crippen LogP contribution in [0.25, 0.3) is 22.3 Å². The molecule has 2 aromatic heterocycles. The first kappa shape index (κ1) is 24.9. The van der Waals surface area contributed by atoms with Gasteiger partial charge in [-0.3, -0.25) is 4.79 Å². The molecule has 8 nitrogen and oxygen atoms in total. The summed E-state index contributed by atoms with van der Waals surface area (Å²) >= 11 is 0. The maximum atomic E-state index is 14.9. The van der Waals surface area contributed by atoms with Crippen molar-refractivity contribution >= 4 is 22.8 Å². The number of primary amides is 1. The summed E-state index contributed by atoms with van der Waals surface area (Å²) in [5.41, 5.74) is 7.76. The van der Waals surface area contributed by atoms with Crippen LogP contribution in [0.1, 0.15) is 48.0 Å². The zero-order valence-corrected chi connectivity index (χ0v) is 20.1. The molecule has 1 aromatic carbocycles. The highest BCUT2D eigenvalue weighted by molar-refractivity contribution is 6.06. The predicted molar refractivity (Wildman–Crippen MR) is 135 cm³/mol. The van der Waals surface area contributed by atoms with Crippen LogP contribution in [-0.4, -0.2) is 59.9 Å².